The smallest absolute Gasteiger partial charge is 0.141 e. The summed E-state index contributed by atoms with van der Waals surface area (Å²) < 4.78 is 13.7. The van der Waals surface area contributed by atoms with Crippen LogP contribution in [0.2, 0.25) is 0 Å². The fourth-order valence-corrected chi connectivity index (χ4v) is 2.66. The van der Waals surface area contributed by atoms with Gasteiger partial charge in [0.25, 0.3) is 0 Å². The van der Waals surface area contributed by atoms with Crippen molar-refractivity contribution in [1.82, 2.24) is 19.9 Å². The summed E-state index contributed by atoms with van der Waals surface area (Å²) in [5.74, 6) is 1.26. The van der Waals surface area contributed by atoms with Gasteiger partial charge in [-0.25, -0.2) is 14.4 Å². The van der Waals surface area contributed by atoms with Crippen molar-refractivity contribution in [2.45, 2.75) is 6.54 Å². The molecule has 6 heteroatoms. The highest BCUT2D eigenvalue weighted by atomic mass is 19.1. The van der Waals surface area contributed by atoms with Crippen LogP contribution >= 0.6 is 0 Å². The molecule has 3 N–H and O–H groups in total. The van der Waals surface area contributed by atoms with Gasteiger partial charge in [0, 0.05) is 36.7 Å². The number of pyridine rings is 1. The third-order valence-electron chi connectivity index (χ3n) is 3.76. The Hall–Kier alpha value is -3.15. The standard InChI is InChI=1S/C17H14FN5/c18-14-4-3-11(15-12(14)5-7-19-15)10-23-17-13(2-1-6-20-17)16-21-8-9-22-16/h1-9,19H,10H2,(H,20,23)(H,21,22). The minimum absolute atomic E-state index is 0.223. The predicted molar refractivity (Wildman–Crippen MR) is 87.4 cm³/mol. The van der Waals surface area contributed by atoms with E-state index in [1.165, 1.54) is 6.07 Å². The number of rotatable bonds is 4. The van der Waals surface area contributed by atoms with E-state index in [1.54, 1.807) is 36.9 Å². The number of anilines is 1. The summed E-state index contributed by atoms with van der Waals surface area (Å²) >= 11 is 0. The van der Waals surface area contributed by atoms with Crippen LogP contribution in [0.4, 0.5) is 10.2 Å². The molecule has 0 saturated carbocycles. The lowest BCUT2D eigenvalue weighted by atomic mass is 10.1. The van der Waals surface area contributed by atoms with Crippen molar-refractivity contribution in [2.75, 3.05) is 5.32 Å². The molecule has 3 heterocycles. The van der Waals surface area contributed by atoms with E-state index >= 15 is 0 Å². The molecular weight excluding hydrogens is 293 g/mol. The highest BCUT2D eigenvalue weighted by Gasteiger charge is 2.10. The van der Waals surface area contributed by atoms with Crippen molar-refractivity contribution in [2.24, 2.45) is 0 Å². The van der Waals surface area contributed by atoms with E-state index in [-0.39, 0.29) is 5.82 Å². The van der Waals surface area contributed by atoms with E-state index in [2.05, 4.69) is 25.3 Å². The van der Waals surface area contributed by atoms with Crippen LogP contribution < -0.4 is 5.32 Å². The lowest BCUT2D eigenvalue weighted by Gasteiger charge is -2.10. The van der Waals surface area contributed by atoms with Gasteiger partial charge in [0.1, 0.15) is 17.5 Å². The van der Waals surface area contributed by atoms with Crippen LogP contribution in [0.25, 0.3) is 22.3 Å². The van der Waals surface area contributed by atoms with Crippen LogP contribution in [0.3, 0.4) is 0 Å². The van der Waals surface area contributed by atoms with Crippen LogP contribution in [0, 0.1) is 5.82 Å². The van der Waals surface area contributed by atoms with Gasteiger partial charge in [-0.3, -0.25) is 0 Å². The summed E-state index contributed by atoms with van der Waals surface area (Å²) in [6, 6.07) is 8.81. The van der Waals surface area contributed by atoms with E-state index in [4.69, 9.17) is 0 Å². The van der Waals surface area contributed by atoms with E-state index < -0.39 is 0 Å². The molecule has 0 aliphatic carbocycles. The first-order valence-electron chi connectivity index (χ1n) is 7.26. The number of hydrogen-bond acceptors (Lipinski definition) is 3. The quantitative estimate of drug-likeness (QED) is 0.538. The molecule has 4 rings (SSSR count). The fourth-order valence-electron chi connectivity index (χ4n) is 2.66. The van der Waals surface area contributed by atoms with E-state index in [9.17, 15) is 4.39 Å². The molecule has 0 bridgehead atoms. The number of halogens is 1. The lowest BCUT2D eigenvalue weighted by Crippen LogP contribution is -2.04. The molecule has 0 atom stereocenters. The van der Waals surface area contributed by atoms with Gasteiger partial charge in [-0.2, -0.15) is 0 Å². The number of fused-ring (bicyclic) bond motifs is 1. The van der Waals surface area contributed by atoms with Crippen molar-refractivity contribution in [3.8, 4) is 11.4 Å². The summed E-state index contributed by atoms with van der Waals surface area (Å²) in [5.41, 5.74) is 2.66. The van der Waals surface area contributed by atoms with Crippen LogP contribution in [-0.2, 0) is 6.54 Å². The average Bonchev–Trinajstić information content (AvgIpc) is 3.27. The van der Waals surface area contributed by atoms with Gasteiger partial charge in [-0.15, -0.1) is 0 Å². The Kier molecular flexibility index (Phi) is 3.27. The first-order chi connectivity index (χ1) is 11.3. The topological polar surface area (TPSA) is 69.4 Å². The van der Waals surface area contributed by atoms with Gasteiger partial charge in [0.2, 0.25) is 0 Å². The maximum atomic E-state index is 13.7. The zero-order chi connectivity index (χ0) is 15.6. The first-order valence-corrected chi connectivity index (χ1v) is 7.26. The van der Waals surface area contributed by atoms with Crippen LogP contribution in [0.5, 0.6) is 0 Å². The molecule has 0 unspecified atom stereocenters. The zero-order valence-electron chi connectivity index (χ0n) is 12.2. The van der Waals surface area contributed by atoms with Crippen molar-refractivity contribution >= 4 is 16.7 Å². The molecule has 0 amide bonds. The number of aromatic nitrogens is 4. The number of benzene rings is 1. The molecule has 0 saturated heterocycles. The van der Waals surface area contributed by atoms with Crippen molar-refractivity contribution in [1.29, 1.82) is 0 Å². The molecule has 0 radical (unpaired) electrons. The van der Waals surface area contributed by atoms with Gasteiger partial charge in [0.05, 0.1) is 11.1 Å². The largest absolute Gasteiger partial charge is 0.365 e. The first kappa shape index (κ1) is 13.5. The van der Waals surface area contributed by atoms with Crippen molar-refractivity contribution in [3.63, 3.8) is 0 Å². The Bertz CT molecular complexity index is 943. The molecule has 0 aliphatic heterocycles. The number of hydrogen-bond donors (Lipinski definition) is 3. The number of imidazole rings is 1. The van der Waals surface area contributed by atoms with E-state index in [0.29, 0.717) is 11.9 Å². The van der Waals surface area contributed by atoms with Crippen LogP contribution in [0.15, 0.2) is 55.1 Å². The Morgan fingerprint density at radius 2 is 1.96 bits per heavy atom. The Morgan fingerprint density at radius 3 is 2.83 bits per heavy atom. The van der Waals surface area contributed by atoms with Crippen molar-refractivity contribution in [3.05, 3.63) is 66.5 Å². The summed E-state index contributed by atoms with van der Waals surface area (Å²) in [4.78, 5) is 14.8. The molecule has 0 fully saturated rings. The number of nitrogens with one attached hydrogen (secondary N) is 3. The summed E-state index contributed by atoms with van der Waals surface area (Å²) in [7, 11) is 0. The third kappa shape index (κ3) is 2.44. The Balaban J connectivity index is 1.65. The SMILES string of the molecule is Fc1ccc(CNc2ncccc2-c2ncc[nH]2)c2[nH]ccc12. The summed E-state index contributed by atoms with van der Waals surface area (Å²) in [5, 5.41) is 3.90. The van der Waals surface area contributed by atoms with Crippen LogP contribution in [0.1, 0.15) is 5.56 Å². The molecule has 23 heavy (non-hydrogen) atoms. The van der Waals surface area contributed by atoms with E-state index in [0.717, 1.165) is 28.3 Å². The molecule has 0 spiro atoms. The maximum Gasteiger partial charge on any atom is 0.141 e. The highest BCUT2D eigenvalue weighted by Crippen LogP contribution is 2.25. The molecule has 4 aromatic rings. The zero-order valence-corrected chi connectivity index (χ0v) is 12.2. The normalized spacial score (nSPS) is 11.0. The Morgan fingerprint density at radius 1 is 1.00 bits per heavy atom. The molecule has 0 aliphatic rings. The minimum atomic E-state index is -0.223. The van der Waals surface area contributed by atoms with Crippen LogP contribution in [-0.4, -0.2) is 19.9 Å². The second-order valence-corrected chi connectivity index (χ2v) is 5.16. The second kappa shape index (κ2) is 5.57. The average molecular weight is 307 g/mol. The summed E-state index contributed by atoms with van der Waals surface area (Å²) in [6.07, 6.45) is 6.94. The molecular formula is C17H14FN5. The number of aromatic amines is 2. The molecule has 3 aromatic heterocycles. The fraction of sp³-hybridized carbons (Fsp3) is 0.0588. The number of H-pyrrole nitrogens is 2. The molecule has 114 valence electrons. The number of nitrogens with zero attached hydrogens (tertiary/aromatic N) is 2. The van der Waals surface area contributed by atoms with Gasteiger partial charge >= 0.3 is 0 Å². The Labute approximate surface area is 131 Å². The van der Waals surface area contributed by atoms with Crippen molar-refractivity contribution < 1.29 is 4.39 Å². The molecule has 5 nitrogen and oxygen atoms in total. The minimum Gasteiger partial charge on any atom is -0.365 e. The third-order valence-corrected chi connectivity index (χ3v) is 3.76. The predicted octanol–water partition coefficient (Wildman–Crippen LogP) is 3.70. The monoisotopic (exact) mass is 307 g/mol. The van der Waals surface area contributed by atoms with Gasteiger partial charge in [-0.1, -0.05) is 6.07 Å². The van der Waals surface area contributed by atoms with E-state index in [1.807, 2.05) is 12.1 Å². The second-order valence-electron chi connectivity index (χ2n) is 5.16. The van der Waals surface area contributed by atoms with Gasteiger partial charge in [0.15, 0.2) is 0 Å². The summed E-state index contributed by atoms with van der Waals surface area (Å²) in [6.45, 7) is 0.530. The lowest BCUT2D eigenvalue weighted by molar-refractivity contribution is 0.639. The molecule has 1 aromatic carbocycles. The van der Waals surface area contributed by atoms with Gasteiger partial charge in [-0.05, 0) is 29.8 Å². The highest BCUT2D eigenvalue weighted by molar-refractivity contribution is 5.83. The van der Waals surface area contributed by atoms with Gasteiger partial charge < -0.3 is 15.3 Å². The maximum absolute atomic E-state index is 13.7.